The highest BCUT2D eigenvalue weighted by atomic mass is 19.4. The Labute approximate surface area is 185 Å². The second kappa shape index (κ2) is 8.88. The normalized spacial score (nSPS) is 14.3. The van der Waals surface area contributed by atoms with E-state index in [1.807, 2.05) is 4.90 Å². The van der Waals surface area contributed by atoms with Crippen LogP contribution in [0.1, 0.15) is 26.6 Å². The molecule has 1 aromatic carbocycles. The summed E-state index contributed by atoms with van der Waals surface area (Å²) in [6.45, 7) is 1.97. The Morgan fingerprint density at radius 1 is 1.00 bits per heavy atom. The van der Waals surface area contributed by atoms with E-state index in [0.717, 1.165) is 0 Å². The molecule has 0 aliphatic carbocycles. The number of nitrogens with zero attached hydrogens (tertiary/aromatic N) is 5. The number of halogens is 3. The predicted octanol–water partition coefficient (Wildman–Crippen LogP) is 2.90. The second-order valence-corrected chi connectivity index (χ2v) is 7.17. The molecule has 0 saturated carbocycles. The first-order valence-corrected chi connectivity index (χ1v) is 9.86. The van der Waals surface area contributed by atoms with Crippen LogP contribution in [0.5, 0.6) is 0 Å². The zero-order valence-electron chi connectivity index (χ0n) is 17.4. The summed E-state index contributed by atoms with van der Waals surface area (Å²) in [7, 11) is 1.29. The van der Waals surface area contributed by atoms with Crippen molar-refractivity contribution in [1.29, 1.82) is 0 Å². The number of carbonyl (C=O) groups excluding carboxylic acids is 2. The summed E-state index contributed by atoms with van der Waals surface area (Å²) in [5.74, 6) is -1.61. The predicted molar refractivity (Wildman–Crippen MR) is 108 cm³/mol. The number of aromatic nitrogens is 3. The average molecular weight is 461 g/mol. The van der Waals surface area contributed by atoms with E-state index >= 15 is 0 Å². The van der Waals surface area contributed by atoms with Gasteiger partial charge in [-0.3, -0.25) is 4.79 Å². The van der Waals surface area contributed by atoms with Crippen molar-refractivity contribution in [2.24, 2.45) is 0 Å². The molecular weight excluding hydrogens is 443 g/mol. The molecule has 0 N–H and O–H groups in total. The Kier molecular flexibility index (Phi) is 5.99. The first-order chi connectivity index (χ1) is 15.8. The number of rotatable bonds is 4. The summed E-state index contributed by atoms with van der Waals surface area (Å²) in [6.07, 6.45) is -3.33. The molecule has 3 heterocycles. The lowest BCUT2D eigenvalue weighted by Crippen LogP contribution is -2.49. The van der Waals surface area contributed by atoms with E-state index in [4.69, 9.17) is 0 Å². The van der Waals surface area contributed by atoms with Crippen LogP contribution in [-0.4, -0.2) is 65.2 Å². The van der Waals surface area contributed by atoms with Crippen LogP contribution in [0.2, 0.25) is 0 Å². The molecule has 0 unspecified atom stereocenters. The molecule has 1 saturated heterocycles. The molecule has 2 aromatic heterocycles. The lowest BCUT2D eigenvalue weighted by Gasteiger charge is -2.35. The fourth-order valence-corrected chi connectivity index (χ4v) is 3.35. The summed E-state index contributed by atoms with van der Waals surface area (Å²) in [4.78, 5) is 35.6. The number of pyridine rings is 1. The molecule has 1 aliphatic rings. The van der Waals surface area contributed by atoms with Crippen LogP contribution in [0.4, 0.5) is 19.0 Å². The number of amides is 1. The van der Waals surface area contributed by atoms with Gasteiger partial charge in [0.25, 0.3) is 5.91 Å². The Bertz CT molecular complexity index is 1140. The van der Waals surface area contributed by atoms with Crippen molar-refractivity contribution in [2.75, 3.05) is 38.2 Å². The minimum Gasteiger partial charge on any atom is -0.465 e. The van der Waals surface area contributed by atoms with Crippen molar-refractivity contribution in [1.82, 2.24) is 20.0 Å². The monoisotopic (exact) mass is 461 g/mol. The highest BCUT2D eigenvalue weighted by Crippen LogP contribution is 2.29. The molecule has 1 fully saturated rings. The second-order valence-electron chi connectivity index (χ2n) is 7.17. The molecule has 1 aliphatic heterocycles. The van der Waals surface area contributed by atoms with Crippen molar-refractivity contribution in [3.05, 3.63) is 59.6 Å². The van der Waals surface area contributed by atoms with Crippen molar-refractivity contribution >= 4 is 17.7 Å². The number of benzene rings is 1. The van der Waals surface area contributed by atoms with Gasteiger partial charge in [0.15, 0.2) is 0 Å². The fourth-order valence-electron chi connectivity index (χ4n) is 3.35. The third kappa shape index (κ3) is 4.78. The molecule has 1 amide bonds. The number of carbonyl (C=O) groups is 2. The summed E-state index contributed by atoms with van der Waals surface area (Å²) in [6, 6.07) is 9.48. The Hall–Kier alpha value is -3.96. The van der Waals surface area contributed by atoms with Crippen LogP contribution in [0.25, 0.3) is 11.4 Å². The van der Waals surface area contributed by atoms with E-state index in [2.05, 4.69) is 24.4 Å². The van der Waals surface area contributed by atoms with Gasteiger partial charge in [-0.25, -0.2) is 9.78 Å². The maximum atomic E-state index is 12.7. The van der Waals surface area contributed by atoms with Gasteiger partial charge in [-0.2, -0.15) is 18.2 Å². The Morgan fingerprint density at radius 2 is 1.67 bits per heavy atom. The topological polar surface area (TPSA) is 102 Å². The van der Waals surface area contributed by atoms with Crippen LogP contribution in [0.15, 0.2) is 47.1 Å². The van der Waals surface area contributed by atoms with Crippen LogP contribution in [0, 0.1) is 0 Å². The molecule has 0 radical (unpaired) electrons. The molecule has 0 spiro atoms. The quantitative estimate of drug-likeness (QED) is 0.547. The number of methoxy groups -OCH3 is 1. The third-order valence-corrected chi connectivity index (χ3v) is 5.12. The number of hydrogen-bond acceptors (Lipinski definition) is 8. The number of hydrogen-bond donors (Lipinski definition) is 0. The van der Waals surface area contributed by atoms with Gasteiger partial charge >= 0.3 is 18.0 Å². The molecular formula is C21H18F3N5O4. The van der Waals surface area contributed by atoms with E-state index in [1.165, 1.54) is 13.3 Å². The summed E-state index contributed by atoms with van der Waals surface area (Å²) in [5.41, 5.74) is 1.13. The molecule has 3 aromatic rings. The van der Waals surface area contributed by atoms with Crippen molar-refractivity contribution in [3.63, 3.8) is 0 Å². The van der Waals surface area contributed by atoms with E-state index in [0.29, 0.717) is 48.7 Å². The standard InChI is InChI=1S/C21H18F3N5O4/c1-32-19(31)14-4-2-13(3-5-14)18(30)29-10-8-28(9-11-29)16-7-6-15(12-25-16)17-26-20(33-27-17)21(22,23)24/h2-7,12H,8-11H2,1H3. The van der Waals surface area contributed by atoms with Gasteiger partial charge in [-0.15, -0.1) is 0 Å². The molecule has 172 valence electrons. The zero-order chi connectivity index (χ0) is 23.6. The summed E-state index contributed by atoms with van der Waals surface area (Å²) in [5, 5.41) is 3.34. The highest BCUT2D eigenvalue weighted by molar-refractivity contribution is 5.96. The summed E-state index contributed by atoms with van der Waals surface area (Å²) >= 11 is 0. The Morgan fingerprint density at radius 3 is 2.21 bits per heavy atom. The van der Waals surface area contributed by atoms with E-state index in [1.54, 1.807) is 41.3 Å². The number of ether oxygens (including phenoxy) is 1. The first kappa shape index (κ1) is 22.2. The average Bonchev–Trinajstić information content (AvgIpc) is 3.35. The minimum absolute atomic E-state index is 0.146. The van der Waals surface area contributed by atoms with Gasteiger partial charge in [0.1, 0.15) is 5.82 Å². The SMILES string of the molecule is COC(=O)c1ccc(C(=O)N2CCN(c3ccc(-c4noc(C(F)(F)F)n4)cn3)CC2)cc1. The molecule has 12 heteroatoms. The number of esters is 1. The van der Waals surface area contributed by atoms with Gasteiger partial charge in [0.2, 0.25) is 5.82 Å². The maximum absolute atomic E-state index is 12.7. The van der Waals surface area contributed by atoms with Crippen LogP contribution in [-0.2, 0) is 10.9 Å². The molecule has 0 atom stereocenters. The van der Waals surface area contributed by atoms with Crippen LogP contribution in [0.3, 0.4) is 0 Å². The van der Waals surface area contributed by atoms with Crippen molar-refractivity contribution in [2.45, 2.75) is 6.18 Å². The fraction of sp³-hybridized carbons (Fsp3) is 0.286. The van der Waals surface area contributed by atoms with Gasteiger partial charge in [0, 0.05) is 43.5 Å². The van der Waals surface area contributed by atoms with Gasteiger partial charge < -0.3 is 19.1 Å². The Balaban J connectivity index is 1.36. The number of alkyl halides is 3. The first-order valence-electron chi connectivity index (χ1n) is 9.86. The van der Waals surface area contributed by atoms with Crippen molar-refractivity contribution in [3.8, 4) is 11.4 Å². The molecule has 33 heavy (non-hydrogen) atoms. The van der Waals surface area contributed by atoms with Gasteiger partial charge in [0.05, 0.1) is 12.7 Å². The lowest BCUT2D eigenvalue weighted by molar-refractivity contribution is -0.159. The number of anilines is 1. The highest BCUT2D eigenvalue weighted by Gasteiger charge is 2.38. The van der Waals surface area contributed by atoms with E-state index in [9.17, 15) is 22.8 Å². The third-order valence-electron chi connectivity index (χ3n) is 5.12. The zero-order valence-corrected chi connectivity index (χ0v) is 17.4. The molecule has 0 bridgehead atoms. The van der Waals surface area contributed by atoms with E-state index < -0.39 is 18.0 Å². The van der Waals surface area contributed by atoms with Gasteiger partial charge in [-0.1, -0.05) is 5.16 Å². The van der Waals surface area contributed by atoms with Crippen LogP contribution >= 0.6 is 0 Å². The van der Waals surface area contributed by atoms with Gasteiger partial charge in [-0.05, 0) is 36.4 Å². The summed E-state index contributed by atoms with van der Waals surface area (Å²) < 4.78 is 46.8. The molecule has 9 nitrogen and oxygen atoms in total. The lowest BCUT2D eigenvalue weighted by atomic mass is 10.1. The minimum atomic E-state index is -4.71. The molecule has 4 rings (SSSR count). The number of piperazine rings is 1. The largest absolute Gasteiger partial charge is 0.471 e. The van der Waals surface area contributed by atoms with Crippen LogP contribution < -0.4 is 4.90 Å². The van der Waals surface area contributed by atoms with E-state index in [-0.39, 0.29) is 11.7 Å². The van der Waals surface area contributed by atoms with Crippen molar-refractivity contribution < 1.29 is 32.0 Å². The smallest absolute Gasteiger partial charge is 0.465 e. The maximum Gasteiger partial charge on any atom is 0.471 e.